The lowest BCUT2D eigenvalue weighted by Crippen LogP contribution is -2.05. The molecule has 28 heavy (non-hydrogen) atoms. The van der Waals surface area contributed by atoms with E-state index in [1.807, 2.05) is 6.92 Å². The second kappa shape index (κ2) is 19.7. The van der Waals surface area contributed by atoms with Crippen LogP contribution in [-0.4, -0.2) is 30.0 Å². The lowest BCUT2D eigenvalue weighted by molar-refractivity contribution is -0.136. The molecule has 0 rings (SSSR count). The molecule has 0 aromatic carbocycles. The molecule has 0 radical (unpaired) electrons. The Morgan fingerprint density at radius 2 is 1.32 bits per heavy atom. The molecule has 0 aromatic rings. The van der Waals surface area contributed by atoms with E-state index in [1.54, 1.807) is 0 Å². The molecule has 0 heterocycles. The molecule has 0 saturated heterocycles. The molecule has 0 aliphatic rings. The fraction of sp³-hybridized carbons (Fsp3) is 0.870. The minimum Gasteiger partial charge on any atom is -0.481 e. The Morgan fingerprint density at radius 1 is 0.821 bits per heavy atom. The maximum absolute atomic E-state index is 12.4. The summed E-state index contributed by atoms with van der Waals surface area (Å²) in [5.74, 6) is -0.908. The van der Waals surface area contributed by atoms with Gasteiger partial charge in [0.2, 0.25) is 7.37 Å². The number of aliphatic carboxylic acids is 1. The zero-order chi connectivity index (χ0) is 20.9. The fourth-order valence-electron chi connectivity index (χ4n) is 3.16. The third-order valence-electron chi connectivity index (χ3n) is 5.13. The second-order valence-electron chi connectivity index (χ2n) is 7.77. The SMILES string of the molecule is CCCCCCCCC=CCCCCCCCCOP(=O)(CC)CCC(=O)O. The van der Waals surface area contributed by atoms with Gasteiger partial charge in [-0.05, 0) is 32.1 Å². The van der Waals surface area contributed by atoms with Gasteiger partial charge in [-0.3, -0.25) is 9.36 Å². The molecular weight excluding hydrogens is 371 g/mol. The number of carbonyl (C=O) groups is 1. The van der Waals surface area contributed by atoms with Crippen LogP contribution in [0.1, 0.15) is 110 Å². The number of carboxylic acids is 1. The minimum absolute atomic E-state index is 0.0709. The molecule has 166 valence electrons. The first-order valence-electron chi connectivity index (χ1n) is 11.6. The molecule has 0 aliphatic carbocycles. The molecule has 0 aromatic heterocycles. The van der Waals surface area contributed by atoms with Gasteiger partial charge in [-0.2, -0.15) is 0 Å². The predicted octanol–water partition coefficient (Wildman–Crippen LogP) is 7.81. The number of hydrogen-bond donors (Lipinski definition) is 1. The Balaban J connectivity index is 3.40. The van der Waals surface area contributed by atoms with Crippen LogP contribution in [0.2, 0.25) is 0 Å². The maximum atomic E-state index is 12.4. The van der Waals surface area contributed by atoms with Crippen LogP contribution in [-0.2, 0) is 13.9 Å². The highest BCUT2D eigenvalue weighted by atomic mass is 31.2. The van der Waals surface area contributed by atoms with Crippen molar-refractivity contribution in [2.45, 2.75) is 110 Å². The van der Waals surface area contributed by atoms with Crippen molar-refractivity contribution in [3.63, 3.8) is 0 Å². The Morgan fingerprint density at radius 3 is 1.82 bits per heavy atom. The number of unbranched alkanes of at least 4 members (excludes halogenated alkanes) is 12. The molecule has 0 bridgehead atoms. The smallest absolute Gasteiger partial charge is 0.303 e. The van der Waals surface area contributed by atoms with Crippen molar-refractivity contribution in [3.05, 3.63) is 12.2 Å². The summed E-state index contributed by atoms with van der Waals surface area (Å²) in [5.41, 5.74) is 0. The highest BCUT2D eigenvalue weighted by Crippen LogP contribution is 2.47. The van der Waals surface area contributed by atoms with E-state index in [0.29, 0.717) is 12.8 Å². The van der Waals surface area contributed by atoms with E-state index >= 15 is 0 Å². The van der Waals surface area contributed by atoms with Crippen LogP contribution in [0.3, 0.4) is 0 Å². The van der Waals surface area contributed by atoms with Crippen molar-refractivity contribution in [2.75, 3.05) is 18.9 Å². The largest absolute Gasteiger partial charge is 0.481 e. The zero-order valence-electron chi connectivity index (χ0n) is 18.5. The van der Waals surface area contributed by atoms with E-state index < -0.39 is 13.3 Å². The summed E-state index contributed by atoms with van der Waals surface area (Å²) in [7, 11) is -2.73. The molecule has 0 saturated carbocycles. The van der Waals surface area contributed by atoms with E-state index in [0.717, 1.165) is 12.8 Å². The van der Waals surface area contributed by atoms with Gasteiger partial charge in [0.05, 0.1) is 13.0 Å². The van der Waals surface area contributed by atoms with Crippen molar-refractivity contribution < 1.29 is 19.0 Å². The summed E-state index contributed by atoms with van der Waals surface area (Å²) in [6.45, 7) is 4.56. The first kappa shape index (κ1) is 27.4. The Hall–Kier alpha value is -0.600. The van der Waals surface area contributed by atoms with Gasteiger partial charge < -0.3 is 9.63 Å². The summed E-state index contributed by atoms with van der Waals surface area (Å²) in [4.78, 5) is 10.6. The van der Waals surface area contributed by atoms with Gasteiger partial charge in [0.15, 0.2) is 0 Å². The number of carboxylic acid groups (broad SMARTS) is 1. The first-order chi connectivity index (χ1) is 13.5. The van der Waals surface area contributed by atoms with Gasteiger partial charge in [-0.1, -0.05) is 83.8 Å². The van der Waals surface area contributed by atoms with Crippen LogP contribution in [0, 0.1) is 0 Å². The predicted molar refractivity (Wildman–Crippen MR) is 121 cm³/mol. The van der Waals surface area contributed by atoms with Gasteiger partial charge >= 0.3 is 5.97 Å². The van der Waals surface area contributed by atoms with E-state index in [9.17, 15) is 9.36 Å². The van der Waals surface area contributed by atoms with Gasteiger partial charge in [-0.25, -0.2) is 0 Å². The average molecular weight is 417 g/mol. The van der Waals surface area contributed by atoms with Crippen LogP contribution in [0.4, 0.5) is 0 Å². The Bertz CT molecular complexity index is 434. The van der Waals surface area contributed by atoms with Crippen molar-refractivity contribution in [2.24, 2.45) is 0 Å². The fourth-order valence-corrected chi connectivity index (χ4v) is 4.78. The number of allylic oxidation sites excluding steroid dienone is 2. The van der Waals surface area contributed by atoms with Crippen molar-refractivity contribution in [1.29, 1.82) is 0 Å². The monoisotopic (exact) mass is 416 g/mol. The molecule has 0 spiro atoms. The quantitative estimate of drug-likeness (QED) is 0.118. The molecular formula is C23H45O4P. The second-order valence-corrected chi connectivity index (χ2v) is 10.7. The van der Waals surface area contributed by atoms with E-state index in [4.69, 9.17) is 9.63 Å². The normalized spacial score (nSPS) is 13.8. The minimum atomic E-state index is -2.73. The molecule has 0 fully saturated rings. The molecule has 5 heteroatoms. The summed E-state index contributed by atoms with van der Waals surface area (Å²) >= 11 is 0. The van der Waals surface area contributed by atoms with Gasteiger partial charge in [0.1, 0.15) is 0 Å². The van der Waals surface area contributed by atoms with Crippen LogP contribution < -0.4 is 0 Å². The molecule has 4 nitrogen and oxygen atoms in total. The third kappa shape index (κ3) is 18.7. The standard InChI is InChI=1S/C23H45O4P/c1-3-5-6-7-8-9-10-11-12-13-14-15-16-17-18-19-21-27-28(26,4-2)22-20-23(24)25/h11-12H,3-10,13-22H2,1-2H3,(H,24,25). The number of hydrogen-bond acceptors (Lipinski definition) is 3. The van der Waals surface area contributed by atoms with Gasteiger partial charge in [-0.15, -0.1) is 0 Å². The van der Waals surface area contributed by atoms with Gasteiger partial charge in [0, 0.05) is 12.3 Å². The molecule has 1 N–H and O–H groups in total. The van der Waals surface area contributed by atoms with E-state index in [-0.39, 0.29) is 12.6 Å². The zero-order valence-corrected chi connectivity index (χ0v) is 19.4. The summed E-state index contributed by atoms with van der Waals surface area (Å²) < 4.78 is 17.9. The summed E-state index contributed by atoms with van der Waals surface area (Å²) in [6.07, 6.45) is 22.8. The molecule has 1 atom stereocenters. The number of rotatable bonds is 21. The van der Waals surface area contributed by atoms with Crippen molar-refractivity contribution in [3.8, 4) is 0 Å². The van der Waals surface area contributed by atoms with E-state index in [1.165, 1.54) is 77.0 Å². The summed E-state index contributed by atoms with van der Waals surface area (Å²) in [6, 6.07) is 0. The van der Waals surface area contributed by atoms with Gasteiger partial charge in [0.25, 0.3) is 0 Å². The highest BCUT2D eigenvalue weighted by Gasteiger charge is 2.21. The lowest BCUT2D eigenvalue weighted by Gasteiger charge is -2.15. The molecule has 1 unspecified atom stereocenters. The van der Waals surface area contributed by atoms with Crippen LogP contribution in [0.25, 0.3) is 0 Å². The topological polar surface area (TPSA) is 63.6 Å². The highest BCUT2D eigenvalue weighted by molar-refractivity contribution is 7.58. The van der Waals surface area contributed by atoms with Crippen molar-refractivity contribution in [1.82, 2.24) is 0 Å². The third-order valence-corrected chi connectivity index (χ3v) is 7.65. The summed E-state index contributed by atoms with van der Waals surface area (Å²) in [5, 5.41) is 8.71. The van der Waals surface area contributed by atoms with Crippen LogP contribution in [0.5, 0.6) is 0 Å². The van der Waals surface area contributed by atoms with E-state index in [2.05, 4.69) is 19.1 Å². The maximum Gasteiger partial charge on any atom is 0.303 e. The Kier molecular flexibility index (Phi) is 19.3. The van der Waals surface area contributed by atoms with Crippen LogP contribution >= 0.6 is 7.37 Å². The first-order valence-corrected chi connectivity index (χ1v) is 13.6. The van der Waals surface area contributed by atoms with Crippen molar-refractivity contribution >= 4 is 13.3 Å². The lowest BCUT2D eigenvalue weighted by atomic mass is 10.1. The molecule has 0 aliphatic heterocycles. The Labute approximate surface area is 174 Å². The van der Waals surface area contributed by atoms with Crippen LogP contribution in [0.15, 0.2) is 12.2 Å². The molecule has 0 amide bonds. The average Bonchev–Trinajstić information content (AvgIpc) is 2.68.